The normalized spacial score (nSPS) is 48.8. The quantitative estimate of drug-likeness (QED) is 0.587. The molecule has 3 fully saturated rings. The first-order valence-corrected chi connectivity index (χ1v) is 6.11. The van der Waals surface area contributed by atoms with Gasteiger partial charge < -0.3 is 4.74 Å². The van der Waals surface area contributed by atoms with Crippen molar-refractivity contribution >= 4 is 5.78 Å². The van der Waals surface area contributed by atoms with E-state index in [1.54, 1.807) is 0 Å². The Balaban J connectivity index is 2.14. The topological polar surface area (TPSA) is 53.4 Å². The first kappa shape index (κ1) is 10.3. The Morgan fingerprint density at radius 1 is 1.38 bits per heavy atom. The Morgan fingerprint density at radius 3 is 2.75 bits per heavy atom. The van der Waals surface area contributed by atoms with E-state index in [2.05, 4.69) is 19.9 Å². The second kappa shape index (κ2) is 2.68. The van der Waals surface area contributed by atoms with E-state index in [9.17, 15) is 10.1 Å². The molecule has 0 N–H and O–H groups in total. The van der Waals surface area contributed by atoms with Crippen LogP contribution in [0, 0.1) is 22.2 Å². The van der Waals surface area contributed by atoms with Crippen molar-refractivity contribution in [3.05, 3.63) is 0 Å². The smallest absolute Gasteiger partial charge is 0.165 e. The standard InChI is InChI=1S/C13H17NO2/c1-11(2)7-9(15)10-13(16-10)6-4-3-5-12(11,13)8-14/h10H,3-7H2,1-2H3/t10-,12+,13-/m1/s1. The van der Waals surface area contributed by atoms with Crippen LogP contribution in [0.15, 0.2) is 0 Å². The van der Waals surface area contributed by atoms with E-state index < -0.39 is 11.0 Å². The minimum absolute atomic E-state index is 0.206. The Hall–Kier alpha value is -0.880. The molecule has 0 aromatic heterocycles. The van der Waals surface area contributed by atoms with E-state index in [4.69, 9.17) is 4.74 Å². The number of ether oxygens (including phenoxy) is 1. The van der Waals surface area contributed by atoms with Gasteiger partial charge in [-0.05, 0) is 18.3 Å². The molecular weight excluding hydrogens is 202 g/mol. The Labute approximate surface area is 95.8 Å². The van der Waals surface area contributed by atoms with Crippen molar-refractivity contribution < 1.29 is 9.53 Å². The van der Waals surface area contributed by atoms with Gasteiger partial charge >= 0.3 is 0 Å². The SMILES string of the molecule is CC1(C)CC(=O)[C@H]2O[C@]23CCCC[C@]13C#N. The van der Waals surface area contributed by atoms with E-state index in [1.807, 2.05) is 0 Å². The highest BCUT2D eigenvalue weighted by Crippen LogP contribution is 2.69. The first-order chi connectivity index (χ1) is 7.49. The van der Waals surface area contributed by atoms with Crippen LogP contribution in [0.25, 0.3) is 0 Å². The average Bonchev–Trinajstić information content (AvgIpc) is 2.93. The lowest BCUT2D eigenvalue weighted by Crippen LogP contribution is -2.56. The minimum atomic E-state index is -0.434. The lowest BCUT2D eigenvalue weighted by atomic mass is 9.48. The fourth-order valence-corrected chi connectivity index (χ4v) is 4.11. The van der Waals surface area contributed by atoms with Crippen LogP contribution in [0.3, 0.4) is 0 Å². The van der Waals surface area contributed by atoms with Crippen molar-refractivity contribution in [2.75, 3.05) is 0 Å². The Morgan fingerprint density at radius 2 is 2.06 bits per heavy atom. The van der Waals surface area contributed by atoms with Gasteiger partial charge in [-0.15, -0.1) is 0 Å². The summed E-state index contributed by atoms with van der Waals surface area (Å²) in [4.78, 5) is 11.9. The number of nitriles is 1. The number of hydrogen-bond acceptors (Lipinski definition) is 3. The minimum Gasteiger partial charge on any atom is -0.356 e. The van der Waals surface area contributed by atoms with Crippen LogP contribution in [-0.2, 0) is 9.53 Å². The zero-order valence-corrected chi connectivity index (χ0v) is 9.88. The lowest BCUT2D eigenvalue weighted by Gasteiger charge is -2.50. The number of epoxide rings is 1. The summed E-state index contributed by atoms with van der Waals surface area (Å²) in [6.07, 6.45) is 4.18. The summed E-state index contributed by atoms with van der Waals surface area (Å²) < 4.78 is 5.74. The molecule has 0 aromatic carbocycles. The van der Waals surface area contributed by atoms with Gasteiger partial charge in [0.25, 0.3) is 0 Å². The fourth-order valence-electron chi connectivity index (χ4n) is 4.11. The van der Waals surface area contributed by atoms with Crippen LogP contribution in [0.5, 0.6) is 0 Å². The third kappa shape index (κ3) is 0.868. The molecule has 2 saturated carbocycles. The van der Waals surface area contributed by atoms with Gasteiger partial charge in [0.15, 0.2) is 5.78 Å². The Kier molecular flexibility index (Phi) is 1.72. The van der Waals surface area contributed by atoms with Crippen molar-refractivity contribution in [1.82, 2.24) is 0 Å². The van der Waals surface area contributed by atoms with E-state index in [0.717, 1.165) is 25.7 Å². The van der Waals surface area contributed by atoms with E-state index in [-0.39, 0.29) is 17.3 Å². The second-order valence-corrected chi connectivity index (χ2v) is 6.14. The molecule has 3 heteroatoms. The molecule has 1 heterocycles. The number of ketones is 1. The molecule has 0 bridgehead atoms. The molecule has 0 amide bonds. The summed E-state index contributed by atoms with van der Waals surface area (Å²) in [5, 5.41) is 9.65. The van der Waals surface area contributed by atoms with Crippen LogP contribution in [-0.4, -0.2) is 17.5 Å². The highest BCUT2D eigenvalue weighted by Gasteiger charge is 2.78. The predicted octanol–water partition coefficient (Wildman–Crippen LogP) is 2.21. The third-order valence-electron chi connectivity index (χ3n) is 5.02. The summed E-state index contributed by atoms with van der Waals surface area (Å²) in [7, 11) is 0. The van der Waals surface area contributed by atoms with Crippen LogP contribution in [0.1, 0.15) is 46.0 Å². The summed E-state index contributed by atoms with van der Waals surface area (Å²) >= 11 is 0. The molecular formula is C13H17NO2. The van der Waals surface area contributed by atoms with Crippen molar-refractivity contribution in [1.29, 1.82) is 5.26 Å². The van der Waals surface area contributed by atoms with Crippen molar-refractivity contribution in [3.8, 4) is 6.07 Å². The van der Waals surface area contributed by atoms with E-state index in [0.29, 0.717) is 6.42 Å². The Bertz CT molecular complexity index is 409. The molecule has 2 aliphatic carbocycles. The molecule has 0 radical (unpaired) electrons. The van der Waals surface area contributed by atoms with Gasteiger partial charge in [0.2, 0.25) is 0 Å². The summed E-state index contributed by atoms with van der Waals surface area (Å²) in [5.41, 5.74) is -1.10. The zero-order valence-electron chi connectivity index (χ0n) is 9.88. The van der Waals surface area contributed by atoms with Crippen LogP contribution in [0.2, 0.25) is 0 Å². The maximum Gasteiger partial charge on any atom is 0.165 e. The van der Waals surface area contributed by atoms with Crippen LogP contribution >= 0.6 is 0 Å². The van der Waals surface area contributed by atoms with Gasteiger partial charge in [0, 0.05) is 6.42 Å². The molecule has 1 aliphatic heterocycles. The molecule has 1 spiro atoms. The van der Waals surface area contributed by atoms with Crippen molar-refractivity contribution in [2.24, 2.45) is 10.8 Å². The third-order valence-corrected chi connectivity index (χ3v) is 5.02. The van der Waals surface area contributed by atoms with Gasteiger partial charge in [0.05, 0.1) is 11.5 Å². The molecule has 86 valence electrons. The molecule has 3 nitrogen and oxygen atoms in total. The van der Waals surface area contributed by atoms with Gasteiger partial charge in [-0.3, -0.25) is 4.79 Å². The molecule has 0 aromatic rings. The number of hydrogen-bond donors (Lipinski definition) is 0. The van der Waals surface area contributed by atoms with Crippen molar-refractivity contribution in [2.45, 2.75) is 57.7 Å². The first-order valence-electron chi connectivity index (χ1n) is 6.11. The number of nitrogens with zero attached hydrogens (tertiary/aromatic N) is 1. The van der Waals surface area contributed by atoms with E-state index >= 15 is 0 Å². The van der Waals surface area contributed by atoms with Crippen LogP contribution < -0.4 is 0 Å². The summed E-state index contributed by atoms with van der Waals surface area (Å²) in [5.74, 6) is 0.206. The molecule has 0 unspecified atom stereocenters. The van der Waals surface area contributed by atoms with Gasteiger partial charge in [0.1, 0.15) is 11.7 Å². The second-order valence-electron chi connectivity index (χ2n) is 6.14. The zero-order chi connectivity index (χ0) is 11.6. The maximum atomic E-state index is 11.9. The molecule has 3 rings (SSSR count). The highest BCUT2D eigenvalue weighted by atomic mass is 16.6. The fraction of sp³-hybridized carbons (Fsp3) is 0.846. The predicted molar refractivity (Wildman–Crippen MR) is 57.5 cm³/mol. The highest BCUT2D eigenvalue weighted by molar-refractivity contribution is 5.90. The number of carbonyl (C=O) groups is 1. The number of rotatable bonds is 0. The summed E-state index contributed by atoms with van der Waals surface area (Å²) in [6.45, 7) is 4.11. The van der Waals surface area contributed by atoms with Gasteiger partial charge in [-0.1, -0.05) is 26.7 Å². The van der Waals surface area contributed by atoms with Gasteiger partial charge in [-0.25, -0.2) is 0 Å². The number of carbonyl (C=O) groups excluding carboxylic acids is 1. The monoisotopic (exact) mass is 219 g/mol. The summed E-state index contributed by atoms with van der Waals surface area (Å²) in [6, 6.07) is 2.54. The number of Topliss-reactive ketones (excluding diaryl/α,β-unsaturated/α-hetero) is 1. The lowest BCUT2D eigenvalue weighted by molar-refractivity contribution is -0.127. The van der Waals surface area contributed by atoms with Crippen LogP contribution in [0.4, 0.5) is 0 Å². The van der Waals surface area contributed by atoms with E-state index in [1.165, 1.54) is 0 Å². The average molecular weight is 219 g/mol. The maximum absolute atomic E-state index is 11.9. The molecule has 3 aliphatic rings. The molecule has 16 heavy (non-hydrogen) atoms. The largest absolute Gasteiger partial charge is 0.356 e. The van der Waals surface area contributed by atoms with Gasteiger partial charge in [-0.2, -0.15) is 5.26 Å². The molecule has 3 atom stereocenters. The van der Waals surface area contributed by atoms with Crippen molar-refractivity contribution in [3.63, 3.8) is 0 Å². The molecule has 1 saturated heterocycles.